The predicted molar refractivity (Wildman–Crippen MR) is 76.5 cm³/mol. The van der Waals surface area contributed by atoms with Crippen molar-refractivity contribution >= 4 is 21.8 Å². The molecule has 2 aromatic rings. The van der Waals surface area contributed by atoms with Crippen molar-refractivity contribution in [1.82, 2.24) is 5.32 Å². The van der Waals surface area contributed by atoms with Crippen molar-refractivity contribution in [1.29, 1.82) is 5.26 Å². The molecule has 3 nitrogen and oxygen atoms in total. The number of hydrogen-bond donors (Lipinski definition) is 1. The Kier molecular flexibility index (Phi) is 4.32. The summed E-state index contributed by atoms with van der Waals surface area (Å²) in [5.41, 5.74) is 2.10. The molecule has 0 saturated carbocycles. The lowest BCUT2D eigenvalue weighted by molar-refractivity contribution is 0.0951. The highest BCUT2D eigenvalue weighted by atomic mass is 79.9. The summed E-state index contributed by atoms with van der Waals surface area (Å²) < 4.78 is 0.867. The molecule has 0 atom stereocenters. The topological polar surface area (TPSA) is 52.9 Å². The first kappa shape index (κ1) is 13.3. The normalized spacial score (nSPS) is 9.68. The predicted octanol–water partition coefficient (Wildman–Crippen LogP) is 3.25. The first-order chi connectivity index (χ1) is 9.19. The SMILES string of the molecule is N#Cc1cccc(CNC(=O)c2cccc(Br)c2)c1. The van der Waals surface area contributed by atoms with Crippen LogP contribution in [0.5, 0.6) is 0 Å². The zero-order valence-corrected chi connectivity index (χ0v) is 11.6. The second-order valence-corrected chi connectivity index (χ2v) is 4.92. The molecular formula is C15H11BrN2O. The maximum absolute atomic E-state index is 11.9. The minimum atomic E-state index is -0.135. The van der Waals surface area contributed by atoms with Crippen molar-refractivity contribution in [3.05, 3.63) is 69.7 Å². The standard InChI is InChI=1S/C15H11BrN2O/c16-14-6-2-5-13(8-14)15(19)18-10-12-4-1-3-11(7-12)9-17/h1-8H,10H2,(H,18,19). The van der Waals surface area contributed by atoms with Crippen molar-refractivity contribution < 1.29 is 4.79 Å². The molecular weight excluding hydrogens is 304 g/mol. The number of amides is 1. The molecule has 0 heterocycles. The molecule has 1 N–H and O–H groups in total. The maximum Gasteiger partial charge on any atom is 0.251 e. The number of rotatable bonds is 3. The Morgan fingerprint density at radius 1 is 1.21 bits per heavy atom. The van der Waals surface area contributed by atoms with Crippen molar-refractivity contribution in [3.63, 3.8) is 0 Å². The molecule has 0 aliphatic rings. The Labute approximate surface area is 120 Å². The van der Waals surface area contributed by atoms with Crippen LogP contribution in [0.4, 0.5) is 0 Å². The van der Waals surface area contributed by atoms with E-state index in [1.165, 1.54) is 0 Å². The van der Waals surface area contributed by atoms with Gasteiger partial charge < -0.3 is 5.32 Å². The highest BCUT2D eigenvalue weighted by molar-refractivity contribution is 9.10. The van der Waals surface area contributed by atoms with E-state index >= 15 is 0 Å². The van der Waals surface area contributed by atoms with Crippen LogP contribution in [0.3, 0.4) is 0 Å². The van der Waals surface area contributed by atoms with E-state index in [0.29, 0.717) is 17.7 Å². The van der Waals surface area contributed by atoms with Gasteiger partial charge in [0.05, 0.1) is 11.6 Å². The summed E-state index contributed by atoms with van der Waals surface area (Å²) in [6.45, 7) is 0.404. The van der Waals surface area contributed by atoms with Gasteiger partial charge in [0.2, 0.25) is 0 Å². The molecule has 0 saturated heterocycles. The van der Waals surface area contributed by atoms with E-state index in [2.05, 4.69) is 27.3 Å². The molecule has 0 radical (unpaired) electrons. The molecule has 1 amide bonds. The Bertz CT molecular complexity index is 647. The van der Waals surface area contributed by atoms with Crippen LogP contribution in [0.1, 0.15) is 21.5 Å². The first-order valence-electron chi connectivity index (χ1n) is 5.72. The van der Waals surface area contributed by atoms with Crippen molar-refractivity contribution in [2.75, 3.05) is 0 Å². The van der Waals surface area contributed by atoms with Gasteiger partial charge in [0.1, 0.15) is 0 Å². The first-order valence-corrected chi connectivity index (χ1v) is 6.51. The van der Waals surface area contributed by atoms with Gasteiger partial charge >= 0.3 is 0 Å². The molecule has 2 rings (SSSR count). The minimum Gasteiger partial charge on any atom is -0.348 e. The quantitative estimate of drug-likeness (QED) is 0.945. The van der Waals surface area contributed by atoms with Gasteiger partial charge in [-0.05, 0) is 35.9 Å². The number of nitrogens with one attached hydrogen (secondary N) is 1. The van der Waals surface area contributed by atoms with Crippen LogP contribution in [-0.4, -0.2) is 5.91 Å². The van der Waals surface area contributed by atoms with E-state index in [1.807, 2.05) is 18.2 Å². The highest BCUT2D eigenvalue weighted by Gasteiger charge is 2.05. The van der Waals surface area contributed by atoms with E-state index < -0.39 is 0 Å². The summed E-state index contributed by atoms with van der Waals surface area (Å²) in [6, 6.07) is 16.5. The van der Waals surface area contributed by atoms with Gasteiger partial charge in [-0.15, -0.1) is 0 Å². The Morgan fingerprint density at radius 3 is 2.74 bits per heavy atom. The zero-order chi connectivity index (χ0) is 13.7. The Morgan fingerprint density at radius 2 is 2.00 bits per heavy atom. The molecule has 0 aliphatic heterocycles. The number of carbonyl (C=O) groups is 1. The summed E-state index contributed by atoms with van der Waals surface area (Å²) in [4.78, 5) is 11.9. The summed E-state index contributed by atoms with van der Waals surface area (Å²) >= 11 is 3.33. The fourth-order valence-electron chi connectivity index (χ4n) is 1.66. The minimum absolute atomic E-state index is 0.135. The number of nitrogens with zero attached hydrogens (tertiary/aromatic N) is 1. The molecule has 0 unspecified atom stereocenters. The maximum atomic E-state index is 11.9. The van der Waals surface area contributed by atoms with E-state index in [9.17, 15) is 4.79 Å². The van der Waals surface area contributed by atoms with Gasteiger partial charge in [-0.25, -0.2) is 0 Å². The van der Waals surface area contributed by atoms with Crippen LogP contribution < -0.4 is 5.32 Å². The third-order valence-corrected chi connectivity index (χ3v) is 3.09. The van der Waals surface area contributed by atoms with Gasteiger partial charge in [0.15, 0.2) is 0 Å². The largest absolute Gasteiger partial charge is 0.348 e. The van der Waals surface area contributed by atoms with Crippen molar-refractivity contribution in [3.8, 4) is 6.07 Å². The van der Waals surface area contributed by atoms with Crippen LogP contribution in [0, 0.1) is 11.3 Å². The number of nitriles is 1. The fraction of sp³-hybridized carbons (Fsp3) is 0.0667. The van der Waals surface area contributed by atoms with Gasteiger partial charge in [0, 0.05) is 16.6 Å². The number of hydrogen-bond acceptors (Lipinski definition) is 2. The molecule has 4 heteroatoms. The van der Waals surface area contributed by atoms with E-state index in [1.54, 1.807) is 30.3 Å². The van der Waals surface area contributed by atoms with Crippen LogP contribution in [0.2, 0.25) is 0 Å². The molecule has 0 spiro atoms. The number of carbonyl (C=O) groups excluding carboxylic acids is 1. The fourth-order valence-corrected chi connectivity index (χ4v) is 2.06. The summed E-state index contributed by atoms with van der Waals surface area (Å²) in [7, 11) is 0. The van der Waals surface area contributed by atoms with Crippen LogP contribution in [0.25, 0.3) is 0 Å². The van der Waals surface area contributed by atoms with Crippen molar-refractivity contribution in [2.24, 2.45) is 0 Å². The molecule has 0 aromatic heterocycles. The average molecular weight is 315 g/mol. The molecule has 0 fully saturated rings. The lowest BCUT2D eigenvalue weighted by atomic mass is 10.1. The van der Waals surface area contributed by atoms with E-state index in [0.717, 1.165) is 10.0 Å². The van der Waals surface area contributed by atoms with Gasteiger partial charge in [0.25, 0.3) is 5.91 Å². The van der Waals surface area contributed by atoms with Gasteiger partial charge in [-0.3, -0.25) is 4.79 Å². The zero-order valence-electron chi connectivity index (χ0n) is 10.1. The van der Waals surface area contributed by atoms with Crippen LogP contribution >= 0.6 is 15.9 Å². The third kappa shape index (κ3) is 3.67. The number of halogens is 1. The molecule has 0 aliphatic carbocycles. The summed E-state index contributed by atoms with van der Waals surface area (Å²) in [5, 5.41) is 11.6. The smallest absolute Gasteiger partial charge is 0.251 e. The van der Waals surface area contributed by atoms with E-state index in [4.69, 9.17) is 5.26 Å². The number of benzene rings is 2. The molecule has 94 valence electrons. The Hall–Kier alpha value is -2.12. The van der Waals surface area contributed by atoms with Crippen LogP contribution in [0.15, 0.2) is 53.0 Å². The van der Waals surface area contributed by atoms with Gasteiger partial charge in [-0.2, -0.15) is 5.26 Å². The Balaban J connectivity index is 2.02. The second kappa shape index (κ2) is 6.17. The third-order valence-electron chi connectivity index (χ3n) is 2.60. The van der Waals surface area contributed by atoms with Crippen molar-refractivity contribution in [2.45, 2.75) is 6.54 Å². The average Bonchev–Trinajstić information content (AvgIpc) is 2.45. The van der Waals surface area contributed by atoms with Crippen LogP contribution in [-0.2, 0) is 6.54 Å². The molecule has 19 heavy (non-hydrogen) atoms. The summed E-state index contributed by atoms with van der Waals surface area (Å²) in [5.74, 6) is -0.135. The lowest BCUT2D eigenvalue weighted by Gasteiger charge is -2.06. The molecule has 2 aromatic carbocycles. The molecule has 0 bridgehead atoms. The lowest BCUT2D eigenvalue weighted by Crippen LogP contribution is -2.22. The second-order valence-electron chi connectivity index (χ2n) is 4.01. The highest BCUT2D eigenvalue weighted by Crippen LogP contribution is 2.11. The van der Waals surface area contributed by atoms with Gasteiger partial charge in [-0.1, -0.05) is 34.1 Å². The van der Waals surface area contributed by atoms with E-state index in [-0.39, 0.29) is 5.91 Å². The summed E-state index contributed by atoms with van der Waals surface area (Å²) in [6.07, 6.45) is 0. The monoisotopic (exact) mass is 314 g/mol.